The first kappa shape index (κ1) is 38.3. The molecule has 2 unspecified atom stereocenters. The van der Waals surface area contributed by atoms with E-state index >= 15 is 0 Å². The van der Waals surface area contributed by atoms with Crippen LogP contribution < -0.4 is 11.1 Å². The summed E-state index contributed by atoms with van der Waals surface area (Å²) in [6.07, 6.45) is 2.55. The van der Waals surface area contributed by atoms with E-state index in [1.165, 1.54) is 52.3 Å². The van der Waals surface area contributed by atoms with E-state index < -0.39 is 34.8 Å². The van der Waals surface area contributed by atoms with Crippen LogP contribution in [-0.2, 0) is 22.6 Å². The number of carbonyl (C=O) groups is 2. The molecule has 4 aromatic rings. The number of hydrogen-bond donors (Lipinski definition) is 2. The third-order valence-corrected chi connectivity index (χ3v) is 9.43. The molecule has 2 atom stereocenters. The smallest absolute Gasteiger partial charge is 0.340 e. The zero-order valence-corrected chi connectivity index (χ0v) is 29.9. The summed E-state index contributed by atoms with van der Waals surface area (Å²) >= 11 is 0. The fourth-order valence-electron chi connectivity index (χ4n) is 6.59. The van der Waals surface area contributed by atoms with Gasteiger partial charge in [0.25, 0.3) is 11.1 Å². The van der Waals surface area contributed by atoms with Gasteiger partial charge in [0, 0.05) is 24.2 Å². The number of nitriles is 2. The van der Waals surface area contributed by atoms with Gasteiger partial charge in [-0.2, -0.15) is 10.5 Å². The number of ether oxygens (including phenoxy) is 2. The fourth-order valence-corrected chi connectivity index (χ4v) is 6.59. The molecule has 2 heterocycles. The van der Waals surface area contributed by atoms with Crippen LogP contribution in [0.2, 0.25) is 0 Å². The number of pyridine rings is 2. The quantitative estimate of drug-likeness (QED) is 0.129. The summed E-state index contributed by atoms with van der Waals surface area (Å²) in [6, 6.07) is 16.3. The predicted molar refractivity (Wildman–Crippen MR) is 193 cm³/mol. The van der Waals surface area contributed by atoms with Crippen molar-refractivity contribution >= 4 is 34.7 Å². The van der Waals surface area contributed by atoms with Crippen LogP contribution in [0.25, 0.3) is 0 Å². The standard InChI is InChI=1S/C38H36N8O8/c1-21-27(17-39)31(43-41-29-14-7-5-12-25(29)37(51)53-3)35(49)45(33(21)47)19-23-10-9-11-24(16-23)20-46-34(48)22(2)28(18-40)32(36(46)50)44-42-30-15-8-6-13-26(30)38(52)54-4/h5-8,12-15,23-24,47-48H,9-11,16,19-20H2,1-4H3. The normalized spacial score (nSPS) is 15.5. The van der Waals surface area contributed by atoms with Crippen LogP contribution in [0.3, 0.4) is 0 Å². The second-order valence-electron chi connectivity index (χ2n) is 12.7. The fraction of sp³-hybridized carbons (Fsp3) is 0.316. The number of aromatic nitrogens is 2. The van der Waals surface area contributed by atoms with E-state index in [4.69, 9.17) is 9.47 Å². The Morgan fingerprint density at radius 1 is 0.722 bits per heavy atom. The number of azo groups is 2. The van der Waals surface area contributed by atoms with Crippen LogP contribution in [-0.4, -0.2) is 45.5 Å². The molecule has 0 bridgehead atoms. The Morgan fingerprint density at radius 3 is 1.48 bits per heavy atom. The first-order valence-electron chi connectivity index (χ1n) is 16.9. The number of aromatic hydroxyl groups is 2. The maximum absolute atomic E-state index is 13.8. The first-order chi connectivity index (χ1) is 25.9. The zero-order valence-electron chi connectivity index (χ0n) is 29.9. The molecule has 0 spiro atoms. The molecule has 1 fully saturated rings. The molecule has 0 aliphatic heterocycles. The Morgan fingerprint density at radius 2 is 1.11 bits per heavy atom. The lowest BCUT2D eigenvalue weighted by Gasteiger charge is -2.30. The van der Waals surface area contributed by atoms with Crippen molar-refractivity contribution in [1.29, 1.82) is 10.5 Å². The Labute approximate surface area is 308 Å². The lowest BCUT2D eigenvalue weighted by Crippen LogP contribution is -2.31. The minimum Gasteiger partial charge on any atom is -0.494 e. The number of carbonyl (C=O) groups excluding carboxylic acids is 2. The van der Waals surface area contributed by atoms with Crippen molar-refractivity contribution in [2.45, 2.75) is 52.6 Å². The molecule has 16 nitrogen and oxygen atoms in total. The van der Waals surface area contributed by atoms with E-state index in [1.807, 2.05) is 12.1 Å². The Hall–Kier alpha value is -6.94. The van der Waals surface area contributed by atoms with Gasteiger partial charge < -0.3 is 19.7 Å². The second-order valence-corrected chi connectivity index (χ2v) is 12.7. The molecule has 0 radical (unpaired) electrons. The first-order valence-corrected chi connectivity index (χ1v) is 16.9. The number of nitrogens with zero attached hydrogens (tertiary/aromatic N) is 8. The van der Waals surface area contributed by atoms with Crippen molar-refractivity contribution < 1.29 is 29.3 Å². The minimum atomic E-state index is -0.753. The van der Waals surface area contributed by atoms with Gasteiger partial charge in [-0.3, -0.25) is 18.7 Å². The molecule has 276 valence electrons. The van der Waals surface area contributed by atoms with Gasteiger partial charge in [-0.25, -0.2) is 9.59 Å². The molecule has 54 heavy (non-hydrogen) atoms. The predicted octanol–water partition coefficient (Wildman–Crippen LogP) is 6.69. The summed E-state index contributed by atoms with van der Waals surface area (Å²) in [7, 11) is 2.43. The minimum absolute atomic E-state index is 0.0569. The van der Waals surface area contributed by atoms with Crippen LogP contribution >= 0.6 is 0 Å². The highest BCUT2D eigenvalue weighted by atomic mass is 16.5. The number of esters is 2. The lowest BCUT2D eigenvalue weighted by molar-refractivity contribution is 0.0592. The van der Waals surface area contributed by atoms with Gasteiger partial charge in [0.2, 0.25) is 0 Å². The molecule has 1 saturated carbocycles. The van der Waals surface area contributed by atoms with Gasteiger partial charge in [-0.1, -0.05) is 30.7 Å². The summed E-state index contributed by atoms with van der Waals surface area (Å²) in [4.78, 5) is 52.0. The highest BCUT2D eigenvalue weighted by Gasteiger charge is 2.29. The summed E-state index contributed by atoms with van der Waals surface area (Å²) in [6.45, 7) is 3.09. The molecule has 5 rings (SSSR count). The van der Waals surface area contributed by atoms with Crippen LogP contribution in [0.5, 0.6) is 11.8 Å². The van der Waals surface area contributed by atoms with Gasteiger partial charge in [0.1, 0.15) is 23.5 Å². The van der Waals surface area contributed by atoms with E-state index in [-0.39, 0.29) is 81.1 Å². The largest absolute Gasteiger partial charge is 0.494 e. The van der Waals surface area contributed by atoms with Crippen molar-refractivity contribution in [2.24, 2.45) is 32.3 Å². The maximum atomic E-state index is 13.8. The topological polar surface area (TPSA) is 234 Å². The summed E-state index contributed by atoms with van der Waals surface area (Å²) in [5, 5.41) is 58.3. The molecule has 16 heteroatoms. The van der Waals surface area contributed by atoms with Crippen LogP contribution in [0.1, 0.15) is 68.7 Å². The van der Waals surface area contributed by atoms with Crippen molar-refractivity contribution in [2.75, 3.05) is 14.2 Å². The van der Waals surface area contributed by atoms with Crippen molar-refractivity contribution in [3.63, 3.8) is 0 Å². The molecule has 2 N–H and O–H groups in total. The summed E-state index contributed by atoms with van der Waals surface area (Å²) < 4.78 is 11.9. The third kappa shape index (κ3) is 7.63. The van der Waals surface area contributed by atoms with Crippen LogP contribution in [0, 0.1) is 48.3 Å². The Balaban J connectivity index is 1.44. The van der Waals surface area contributed by atoms with Gasteiger partial charge in [0.15, 0.2) is 23.1 Å². The molecule has 2 aromatic heterocycles. The molecule has 1 aliphatic carbocycles. The van der Waals surface area contributed by atoms with E-state index in [0.29, 0.717) is 25.7 Å². The maximum Gasteiger partial charge on any atom is 0.340 e. The number of methoxy groups -OCH3 is 2. The highest BCUT2D eigenvalue weighted by molar-refractivity contribution is 5.95. The van der Waals surface area contributed by atoms with Gasteiger partial charge in [-0.15, -0.1) is 20.5 Å². The summed E-state index contributed by atoms with van der Waals surface area (Å²) in [5.74, 6) is -2.46. The van der Waals surface area contributed by atoms with Crippen molar-refractivity contribution in [1.82, 2.24) is 9.13 Å². The average Bonchev–Trinajstić information content (AvgIpc) is 3.19. The number of rotatable bonds is 10. The van der Waals surface area contributed by atoms with Crippen molar-refractivity contribution in [3.05, 3.63) is 103 Å². The van der Waals surface area contributed by atoms with E-state index in [2.05, 4.69) is 20.5 Å². The Bertz CT molecular complexity index is 2240. The highest BCUT2D eigenvalue weighted by Crippen LogP contribution is 2.36. The molecule has 1 aliphatic rings. The van der Waals surface area contributed by atoms with Gasteiger partial charge in [-0.05, 0) is 69.2 Å². The molecule has 2 aromatic carbocycles. The lowest BCUT2D eigenvalue weighted by atomic mass is 9.81. The number of hydrogen-bond acceptors (Lipinski definition) is 14. The van der Waals surface area contributed by atoms with Gasteiger partial charge >= 0.3 is 11.9 Å². The van der Waals surface area contributed by atoms with Crippen LogP contribution in [0.4, 0.5) is 22.7 Å². The van der Waals surface area contributed by atoms with E-state index in [1.54, 1.807) is 24.3 Å². The third-order valence-electron chi connectivity index (χ3n) is 9.43. The molecule has 0 amide bonds. The van der Waals surface area contributed by atoms with Gasteiger partial charge in [0.05, 0.1) is 36.5 Å². The molecule has 0 saturated heterocycles. The monoisotopic (exact) mass is 732 g/mol. The molecular formula is C38H36N8O8. The van der Waals surface area contributed by atoms with Crippen molar-refractivity contribution in [3.8, 4) is 23.9 Å². The van der Waals surface area contributed by atoms with E-state index in [9.17, 15) is 39.9 Å². The zero-order chi connectivity index (χ0) is 39.1. The number of benzene rings is 2. The van der Waals surface area contributed by atoms with E-state index in [0.717, 1.165) is 9.13 Å². The molecular weight excluding hydrogens is 696 g/mol. The Kier molecular flexibility index (Phi) is 11.8. The second kappa shape index (κ2) is 16.6. The summed E-state index contributed by atoms with van der Waals surface area (Å²) in [5.41, 5.74) is -1.75. The van der Waals surface area contributed by atoms with Crippen LogP contribution in [0.15, 0.2) is 78.6 Å². The SMILES string of the molecule is COC(=O)c1ccccc1N=Nc1c(C#N)c(C)c(O)n(CC2CCCC(Cn3c(O)c(C)c(C#N)c(N=Nc4ccccc4C(=O)OC)c3=O)C2)c1=O. The average molecular weight is 733 g/mol.